The van der Waals surface area contributed by atoms with Crippen molar-refractivity contribution >= 4 is 0 Å². The lowest BCUT2D eigenvalue weighted by molar-refractivity contribution is -0.0536. The highest BCUT2D eigenvalue weighted by Gasteiger charge is 2.32. The van der Waals surface area contributed by atoms with Crippen LogP contribution in [0.2, 0.25) is 0 Å². The van der Waals surface area contributed by atoms with E-state index < -0.39 is 0 Å². The molecule has 0 aromatic carbocycles. The largest absolute Gasteiger partial charge is 0.373 e. The number of hydrogen-bond donors (Lipinski definition) is 1. The van der Waals surface area contributed by atoms with Gasteiger partial charge in [-0.25, -0.2) is 0 Å². The molecule has 0 bridgehead atoms. The van der Waals surface area contributed by atoms with Gasteiger partial charge in [0.25, 0.3) is 0 Å². The number of nitrogens with one attached hydrogen (secondary N) is 1. The fourth-order valence-corrected chi connectivity index (χ4v) is 3.52. The summed E-state index contributed by atoms with van der Waals surface area (Å²) in [6, 6.07) is 0.625. The molecule has 0 radical (unpaired) electrons. The Bertz CT molecular complexity index is 243. The zero-order valence-corrected chi connectivity index (χ0v) is 12.5. The molecule has 2 aliphatic rings. The first-order valence-corrected chi connectivity index (χ1v) is 8.09. The zero-order valence-electron chi connectivity index (χ0n) is 12.5. The van der Waals surface area contributed by atoms with Gasteiger partial charge in [-0.2, -0.15) is 0 Å². The molecule has 0 spiro atoms. The van der Waals surface area contributed by atoms with E-state index >= 15 is 0 Å². The summed E-state index contributed by atoms with van der Waals surface area (Å²) in [5.74, 6) is 1.73. The maximum Gasteiger partial charge on any atom is 0.0731 e. The van der Waals surface area contributed by atoms with E-state index in [4.69, 9.17) is 4.74 Å². The Labute approximate surface area is 113 Å². The van der Waals surface area contributed by atoms with Gasteiger partial charge in [0.15, 0.2) is 0 Å². The van der Waals surface area contributed by atoms with Crippen molar-refractivity contribution in [2.45, 2.75) is 84.0 Å². The van der Waals surface area contributed by atoms with E-state index in [1.807, 2.05) is 0 Å². The third-order valence-electron chi connectivity index (χ3n) is 5.03. The molecule has 0 amide bonds. The predicted molar refractivity (Wildman–Crippen MR) is 76.8 cm³/mol. The molecule has 5 unspecified atom stereocenters. The van der Waals surface area contributed by atoms with E-state index in [1.165, 1.54) is 44.9 Å². The van der Waals surface area contributed by atoms with Gasteiger partial charge in [0.2, 0.25) is 0 Å². The molecule has 0 heterocycles. The Kier molecular flexibility index (Phi) is 5.50. The standard InChI is InChI=1S/C16H31NO/c1-4-10-17-15-6-5-7-16(15)18-14-9-8-12(2)13(3)11-14/h12-17H,4-11H2,1-3H3. The number of ether oxygens (including phenoxy) is 1. The monoisotopic (exact) mass is 253 g/mol. The molecule has 1 N–H and O–H groups in total. The van der Waals surface area contributed by atoms with Crippen LogP contribution in [-0.4, -0.2) is 24.8 Å². The summed E-state index contributed by atoms with van der Waals surface area (Å²) in [5.41, 5.74) is 0. The lowest BCUT2D eigenvalue weighted by Crippen LogP contribution is -2.40. The minimum absolute atomic E-state index is 0.488. The van der Waals surface area contributed by atoms with Gasteiger partial charge in [0.05, 0.1) is 12.2 Å². The van der Waals surface area contributed by atoms with Gasteiger partial charge in [0, 0.05) is 6.04 Å². The van der Waals surface area contributed by atoms with Crippen LogP contribution in [-0.2, 0) is 4.74 Å². The van der Waals surface area contributed by atoms with Crippen LogP contribution in [0.3, 0.4) is 0 Å². The van der Waals surface area contributed by atoms with Crippen LogP contribution in [0.5, 0.6) is 0 Å². The molecule has 2 rings (SSSR count). The first kappa shape index (κ1) is 14.3. The number of hydrogen-bond acceptors (Lipinski definition) is 2. The summed E-state index contributed by atoms with van der Waals surface area (Å²) in [7, 11) is 0. The molecular formula is C16H31NO. The summed E-state index contributed by atoms with van der Waals surface area (Å²) in [4.78, 5) is 0. The SMILES string of the molecule is CCCNC1CCCC1OC1CCC(C)C(C)C1. The van der Waals surface area contributed by atoms with Gasteiger partial charge < -0.3 is 10.1 Å². The van der Waals surface area contributed by atoms with Gasteiger partial charge in [-0.3, -0.25) is 0 Å². The highest BCUT2D eigenvalue weighted by atomic mass is 16.5. The van der Waals surface area contributed by atoms with E-state index in [1.54, 1.807) is 0 Å². The van der Waals surface area contributed by atoms with Crippen LogP contribution < -0.4 is 5.32 Å². The van der Waals surface area contributed by atoms with Crippen molar-refractivity contribution in [3.05, 3.63) is 0 Å². The average Bonchev–Trinajstić information content (AvgIpc) is 2.79. The van der Waals surface area contributed by atoms with E-state index in [0.717, 1.165) is 18.4 Å². The topological polar surface area (TPSA) is 21.3 Å². The molecular weight excluding hydrogens is 222 g/mol. The summed E-state index contributed by atoms with van der Waals surface area (Å²) in [6.45, 7) is 8.16. The summed E-state index contributed by atoms with van der Waals surface area (Å²) >= 11 is 0. The van der Waals surface area contributed by atoms with E-state index in [-0.39, 0.29) is 0 Å². The maximum absolute atomic E-state index is 6.42. The van der Waals surface area contributed by atoms with Crippen molar-refractivity contribution in [3.63, 3.8) is 0 Å². The Morgan fingerprint density at radius 2 is 1.89 bits per heavy atom. The van der Waals surface area contributed by atoms with E-state index in [9.17, 15) is 0 Å². The number of rotatable bonds is 5. The first-order chi connectivity index (χ1) is 8.70. The Morgan fingerprint density at radius 3 is 2.61 bits per heavy atom. The molecule has 0 aromatic rings. The zero-order chi connectivity index (χ0) is 13.0. The summed E-state index contributed by atoms with van der Waals surface area (Å²) in [5, 5.41) is 3.67. The summed E-state index contributed by atoms with van der Waals surface area (Å²) < 4.78 is 6.42. The lowest BCUT2D eigenvalue weighted by atomic mass is 9.80. The van der Waals surface area contributed by atoms with Gasteiger partial charge >= 0.3 is 0 Å². The average molecular weight is 253 g/mol. The van der Waals surface area contributed by atoms with Gasteiger partial charge in [-0.15, -0.1) is 0 Å². The molecule has 106 valence electrons. The summed E-state index contributed by atoms with van der Waals surface area (Å²) in [6.07, 6.45) is 10.1. The van der Waals surface area contributed by atoms with Crippen molar-refractivity contribution in [3.8, 4) is 0 Å². The van der Waals surface area contributed by atoms with Crippen molar-refractivity contribution in [1.29, 1.82) is 0 Å². The highest BCUT2D eigenvalue weighted by molar-refractivity contribution is 4.86. The molecule has 2 nitrogen and oxygen atoms in total. The Morgan fingerprint density at radius 1 is 1.06 bits per heavy atom. The van der Waals surface area contributed by atoms with E-state index in [2.05, 4.69) is 26.1 Å². The van der Waals surface area contributed by atoms with Crippen molar-refractivity contribution in [2.75, 3.05) is 6.54 Å². The minimum atomic E-state index is 0.488. The van der Waals surface area contributed by atoms with Crippen LogP contribution in [0.1, 0.15) is 65.7 Å². The molecule has 2 heteroatoms. The Hall–Kier alpha value is -0.0800. The molecule has 2 aliphatic carbocycles. The Balaban J connectivity index is 1.77. The van der Waals surface area contributed by atoms with Gasteiger partial charge in [0.1, 0.15) is 0 Å². The van der Waals surface area contributed by atoms with Crippen molar-refractivity contribution in [2.24, 2.45) is 11.8 Å². The maximum atomic E-state index is 6.42. The molecule has 5 atom stereocenters. The van der Waals surface area contributed by atoms with Crippen LogP contribution >= 0.6 is 0 Å². The highest BCUT2D eigenvalue weighted by Crippen LogP contribution is 2.33. The van der Waals surface area contributed by atoms with Crippen LogP contribution in [0.4, 0.5) is 0 Å². The molecule has 2 fully saturated rings. The van der Waals surface area contributed by atoms with Crippen LogP contribution in [0.25, 0.3) is 0 Å². The molecule has 0 aromatic heterocycles. The minimum Gasteiger partial charge on any atom is -0.373 e. The van der Waals surface area contributed by atoms with Crippen LogP contribution in [0, 0.1) is 11.8 Å². The lowest BCUT2D eigenvalue weighted by Gasteiger charge is -2.35. The first-order valence-electron chi connectivity index (χ1n) is 8.09. The predicted octanol–water partition coefficient (Wildman–Crippen LogP) is 3.75. The van der Waals surface area contributed by atoms with Gasteiger partial charge in [-0.1, -0.05) is 20.8 Å². The van der Waals surface area contributed by atoms with Crippen LogP contribution in [0.15, 0.2) is 0 Å². The normalized spacial score (nSPS) is 41.2. The second kappa shape index (κ2) is 6.91. The van der Waals surface area contributed by atoms with Gasteiger partial charge in [-0.05, 0) is 63.3 Å². The second-order valence-corrected chi connectivity index (χ2v) is 6.56. The van der Waals surface area contributed by atoms with Crippen molar-refractivity contribution in [1.82, 2.24) is 5.32 Å². The molecule has 0 aliphatic heterocycles. The van der Waals surface area contributed by atoms with Crippen molar-refractivity contribution < 1.29 is 4.74 Å². The molecule has 0 saturated heterocycles. The molecule has 2 saturated carbocycles. The molecule has 18 heavy (non-hydrogen) atoms. The fraction of sp³-hybridized carbons (Fsp3) is 1.00. The quantitative estimate of drug-likeness (QED) is 0.805. The third kappa shape index (κ3) is 3.71. The third-order valence-corrected chi connectivity index (χ3v) is 5.03. The second-order valence-electron chi connectivity index (χ2n) is 6.56. The fourth-order valence-electron chi connectivity index (χ4n) is 3.52. The van der Waals surface area contributed by atoms with E-state index in [0.29, 0.717) is 18.2 Å². The smallest absolute Gasteiger partial charge is 0.0731 e.